The van der Waals surface area contributed by atoms with Gasteiger partial charge < -0.3 is 16.2 Å². The first-order valence-corrected chi connectivity index (χ1v) is 8.65. The number of nitrogens with one attached hydrogen (secondary N) is 1. The summed E-state index contributed by atoms with van der Waals surface area (Å²) >= 11 is 0. The van der Waals surface area contributed by atoms with Gasteiger partial charge in [-0.3, -0.25) is 4.90 Å². The number of hydrogen-bond donors (Lipinski definition) is 3. The molecule has 1 aromatic heterocycles. The summed E-state index contributed by atoms with van der Waals surface area (Å²) in [6, 6.07) is 13.0. The summed E-state index contributed by atoms with van der Waals surface area (Å²) in [6.07, 6.45) is -1.15. The summed E-state index contributed by atoms with van der Waals surface area (Å²) in [5, 5.41) is 10.6. The molecule has 2 heterocycles. The number of nitrogens with zero attached hydrogens (tertiary/aromatic N) is 3. The smallest absolute Gasteiger partial charge is 0.475 e. The summed E-state index contributed by atoms with van der Waals surface area (Å²) in [6.45, 7) is 3.24. The van der Waals surface area contributed by atoms with E-state index in [1.54, 1.807) is 6.20 Å². The fourth-order valence-electron chi connectivity index (χ4n) is 2.74. The van der Waals surface area contributed by atoms with Gasteiger partial charge in [-0.2, -0.15) is 18.2 Å². The zero-order valence-corrected chi connectivity index (χ0v) is 15.1. The Morgan fingerprint density at radius 2 is 1.82 bits per heavy atom. The predicted octanol–water partition coefficient (Wildman–Crippen LogP) is 2.77. The molecule has 0 bridgehead atoms. The summed E-state index contributed by atoms with van der Waals surface area (Å²) in [5.41, 5.74) is 6.98. The zero-order chi connectivity index (χ0) is 20.6. The van der Waals surface area contributed by atoms with Gasteiger partial charge in [0.1, 0.15) is 5.82 Å². The van der Waals surface area contributed by atoms with Gasteiger partial charge in [-0.1, -0.05) is 30.3 Å². The Morgan fingerprint density at radius 1 is 1.21 bits per heavy atom. The lowest BCUT2D eigenvalue weighted by Crippen LogP contribution is -2.38. The highest BCUT2D eigenvalue weighted by molar-refractivity contribution is 5.73. The number of nitrogen functional groups attached to an aromatic ring is 1. The van der Waals surface area contributed by atoms with E-state index in [0.29, 0.717) is 12.0 Å². The molecule has 0 aliphatic carbocycles. The molecule has 1 saturated heterocycles. The van der Waals surface area contributed by atoms with Crippen LogP contribution in [0.2, 0.25) is 0 Å². The minimum Gasteiger partial charge on any atom is -0.475 e. The first kappa shape index (κ1) is 21.4. The number of halogens is 3. The fraction of sp³-hybridized carbons (Fsp3) is 0.389. The van der Waals surface area contributed by atoms with Crippen LogP contribution < -0.4 is 11.1 Å². The Morgan fingerprint density at radius 3 is 2.36 bits per heavy atom. The summed E-state index contributed by atoms with van der Waals surface area (Å²) in [5.74, 6) is -1.61. The lowest BCUT2D eigenvalue weighted by molar-refractivity contribution is -0.192. The molecule has 0 radical (unpaired) electrons. The second kappa shape index (κ2) is 9.88. The van der Waals surface area contributed by atoms with Gasteiger partial charge in [-0.15, -0.1) is 0 Å². The topological polar surface area (TPSA) is 104 Å². The fourth-order valence-corrected chi connectivity index (χ4v) is 2.74. The van der Waals surface area contributed by atoms with E-state index in [0.717, 1.165) is 38.3 Å². The molecule has 1 fully saturated rings. The van der Waals surface area contributed by atoms with Gasteiger partial charge >= 0.3 is 12.1 Å². The molecule has 10 heteroatoms. The predicted molar refractivity (Wildman–Crippen MR) is 98.5 cm³/mol. The lowest BCUT2D eigenvalue weighted by Gasteiger charge is -2.32. The van der Waals surface area contributed by atoms with Gasteiger partial charge in [0.05, 0.1) is 0 Å². The van der Waals surface area contributed by atoms with E-state index in [2.05, 4.69) is 50.5 Å². The van der Waals surface area contributed by atoms with Crippen molar-refractivity contribution in [2.75, 3.05) is 24.1 Å². The van der Waals surface area contributed by atoms with Crippen molar-refractivity contribution in [3.05, 3.63) is 48.2 Å². The number of aliphatic carboxylic acids is 1. The number of rotatable bonds is 4. The maximum Gasteiger partial charge on any atom is 0.490 e. The van der Waals surface area contributed by atoms with Gasteiger partial charge in [-0.05, 0) is 24.5 Å². The third kappa shape index (κ3) is 7.39. The summed E-state index contributed by atoms with van der Waals surface area (Å²) in [7, 11) is 0. The van der Waals surface area contributed by atoms with Crippen LogP contribution in [0, 0.1) is 0 Å². The van der Waals surface area contributed by atoms with Crippen LogP contribution in [0.4, 0.5) is 24.9 Å². The van der Waals surface area contributed by atoms with E-state index in [1.165, 1.54) is 5.56 Å². The van der Waals surface area contributed by atoms with Crippen molar-refractivity contribution in [3.63, 3.8) is 0 Å². The molecule has 1 aliphatic rings. The highest BCUT2D eigenvalue weighted by atomic mass is 19.4. The Hall–Kier alpha value is -2.88. The molecule has 0 saturated carbocycles. The molecule has 0 atom stereocenters. The highest BCUT2D eigenvalue weighted by Gasteiger charge is 2.38. The van der Waals surface area contributed by atoms with Gasteiger partial charge in [0.2, 0.25) is 5.95 Å². The number of carboxylic acid groups (broad SMARTS) is 1. The Bertz CT molecular complexity index is 750. The molecule has 3 rings (SSSR count). The van der Waals surface area contributed by atoms with E-state index < -0.39 is 12.1 Å². The van der Waals surface area contributed by atoms with Crippen LogP contribution in [-0.2, 0) is 11.3 Å². The maximum absolute atomic E-state index is 10.6. The summed E-state index contributed by atoms with van der Waals surface area (Å²) < 4.78 is 31.7. The number of anilines is 2. The molecule has 1 aliphatic heterocycles. The van der Waals surface area contributed by atoms with Gasteiger partial charge in [0.15, 0.2) is 0 Å². The van der Waals surface area contributed by atoms with Crippen molar-refractivity contribution >= 4 is 17.7 Å². The number of nitrogens with two attached hydrogens (primary N) is 1. The number of hydrogen-bond acceptors (Lipinski definition) is 6. The first-order chi connectivity index (χ1) is 13.2. The third-order valence-corrected chi connectivity index (χ3v) is 4.11. The third-order valence-electron chi connectivity index (χ3n) is 4.11. The van der Waals surface area contributed by atoms with Gasteiger partial charge in [-0.25, -0.2) is 9.78 Å². The van der Waals surface area contributed by atoms with Gasteiger partial charge in [0, 0.05) is 31.9 Å². The number of aromatic nitrogens is 2. The Balaban J connectivity index is 0.000000345. The number of piperidine rings is 1. The van der Waals surface area contributed by atoms with Crippen molar-refractivity contribution in [2.45, 2.75) is 31.6 Å². The molecular formula is C18H22F3N5O2. The van der Waals surface area contributed by atoms with Crippen molar-refractivity contribution in [2.24, 2.45) is 0 Å². The molecule has 152 valence electrons. The van der Waals surface area contributed by atoms with Crippen LogP contribution in [-0.4, -0.2) is 51.3 Å². The molecule has 2 aromatic rings. The molecule has 0 spiro atoms. The maximum atomic E-state index is 10.6. The number of likely N-dealkylation sites (tertiary alicyclic amines) is 1. The van der Waals surface area contributed by atoms with E-state index in [4.69, 9.17) is 15.6 Å². The number of alkyl halides is 3. The van der Waals surface area contributed by atoms with Crippen molar-refractivity contribution in [3.8, 4) is 0 Å². The average Bonchev–Trinajstić information content (AvgIpc) is 2.64. The van der Waals surface area contributed by atoms with Crippen LogP contribution in [0.1, 0.15) is 18.4 Å². The quantitative estimate of drug-likeness (QED) is 0.729. The van der Waals surface area contributed by atoms with Crippen LogP contribution in [0.3, 0.4) is 0 Å². The number of carbonyl (C=O) groups is 1. The van der Waals surface area contributed by atoms with E-state index in [9.17, 15) is 13.2 Å². The largest absolute Gasteiger partial charge is 0.490 e. The van der Waals surface area contributed by atoms with E-state index in [-0.39, 0.29) is 0 Å². The second-order valence-electron chi connectivity index (χ2n) is 6.28. The Labute approximate surface area is 160 Å². The van der Waals surface area contributed by atoms with Crippen LogP contribution in [0.15, 0.2) is 42.6 Å². The van der Waals surface area contributed by atoms with Crippen molar-refractivity contribution in [1.29, 1.82) is 0 Å². The highest BCUT2D eigenvalue weighted by Crippen LogP contribution is 2.17. The van der Waals surface area contributed by atoms with Gasteiger partial charge in [0.25, 0.3) is 0 Å². The minimum atomic E-state index is -5.08. The molecule has 7 nitrogen and oxygen atoms in total. The molecular weight excluding hydrogens is 375 g/mol. The minimum absolute atomic E-state index is 0.321. The molecule has 1 aromatic carbocycles. The van der Waals surface area contributed by atoms with E-state index in [1.807, 2.05) is 6.07 Å². The number of carboxylic acids is 1. The Kier molecular flexibility index (Phi) is 7.56. The van der Waals surface area contributed by atoms with Crippen LogP contribution in [0.5, 0.6) is 0 Å². The van der Waals surface area contributed by atoms with Crippen molar-refractivity contribution in [1.82, 2.24) is 14.9 Å². The summed E-state index contributed by atoms with van der Waals surface area (Å²) in [4.78, 5) is 19.5. The lowest BCUT2D eigenvalue weighted by atomic mass is 10.0. The van der Waals surface area contributed by atoms with E-state index >= 15 is 0 Å². The van der Waals surface area contributed by atoms with Crippen LogP contribution in [0.25, 0.3) is 0 Å². The molecule has 4 N–H and O–H groups in total. The molecule has 0 unspecified atom stereocenters. The first-order valence-electron chi connectivity index (χ1n) is 8.65. The zero-order valence-electron chi connectivity index (χ0n) is 15.1. The second-order valence-corrected chi connectivity index (χ2v) is 6.28. The normalized spacial score (nSPS) is 15.4. The average molecular weight is 397 g/mol. The SMILES string of the molecule is Nc1nccc(NC2CCN(Cc3ccccc3)CC2)n1.O=C(O)C(F)(F)F. The number of benzene rings is 1. The monoisotopic (exact) mass is 397 g/mol. The standard InChI is InChI=1S/C16H21N5.C2HF3O2/c17-16-18-9-6-15(20-16)19-14-7-10-21(11-8-14)12-13-4-2-1-3-5-13;3-2(4,5)1(6)7/h1-6,9,14H,7-8,10-12H2,(H3,17,18,19,20);(H,6,7). The molecule has 0 amide bonds. The van der Waals surface area contributed by atoms with Crippen molar-refractivity contribution < 1.29 is 23.1 Å². The molecule has 28 heavy (non-hydrogen) atoms. The van der Waals surface area contributed by atoms with Crippen LogP contribution >= 0.6 is 0 Å².